The second-order valence-corrected chi connectivity index (χ2v) is 13.4. The number of rotatable bonds is 10. The van der Waals surface area contributed by atoms with Crippen molar-refractivity contribution in [2.24, 2.45) is 0 Å². The maximum atomic E-state index is 13.5. The van der Waals surface area contributed by atoms with Crippen molar-refractivity contribution in [2.75, 3.05) is 17.7 Å². The van der Waals surface area contributed by atoms with Gasteiger partial charge in [0.15, 0.2) is 0 Å². The highest BCUT2D eigenvalue weighted by Crippen LogP contribution is 2.38. The standard InChI is InChI=1S/C36H34FN3O5S2/c1-22(32(41)40-35-31(36(44)45-2)28-14-7-4-8-15-30(28)47-35)46-27-13-9-12-26(21-27)38-34(43)29(20-23-16-18-25(37)19-17-23)39-33(42)24-10-5-3-6-11-24/h3,5-6,9-13,16-22H,4,7-8,14-15H2,1-2H3,(H,38,43)(H,39,42)(H,40,41)/b29-20+. The van der Waals surface area contributed by atoms with Crippen molar-refractivity contribution in [3.8, 4) is 0 Å². The lowest BCUT2D eigenvalue weighted by atomic mass is 10.1. The van der Waals surface area contributed by atoms with Crippen molar-refractivity contribution < 1.29 is 28.3 Å². The van der Waals surface area contributed by atoms with Gasteiger partial charge in [-0.25, -0.2) is 9.18 Å². The number of amides is 3. The zero-order valence-corrected chi connectivity index (χ0v) is 27.6. The molecule has 47 heavy (non-hydrogen) atoms. The summed E-state index contributed by atoms with van der Waals surface area (Å²) in [6, 6.07) is 21.0. The average Bonchev–Trinajstić information content (AvgIpc) is 3.24. The minimum Gasteiger partial charge on any atom is -0.465 e. The fourth-order valence-corrected chi connectivity index (χ4v) is 7.34. The molecule has 0 fully saturated rings. The minimum atomic E-state index is -0.584. The molecular formula is C36H34FN3O5S2. The Morgan fingerprint density at radius 2 is 1.66 bits per heavy atom. The Kier molecular flexibility index (Phi) is 11.2. The van der Waals surface area contributed by atoms with E-state index in [-0.39, 0.29) is 11.6 Å². The summed E-state index contributed by atoms with van der Waals surface area (Å²) in [5, 5.41) is 8.42. The van der Waals surface area contributed by atoms with Crippen LogP contribution in [0.15, 0.2) is 89.5 Å². The summed E-state index contributed by atoms with van der Waals surface area (Å²) in [6.45, 7) is 1.77. The van der Waals surface area contributed by atoms with Crippen molar-refractivity contribution in [3.05, 3.63) is 118 Å². The summed E-state index contributed by atoms with van der Waals surface area (Å²) in [5.74, 6) is -2.20. The topological polar surface area (TPSA) is 114 Å². The van der Waals surface area contributed by atoms with Crippen LogP contribution in [0.4, 0.5) is 15.1 Å². The van der Waals surface area contributed by atoms with Crippen LogP contribution in [0.3, 0.4) is 0 Å². The summed E-state index contributed by atoms with van der Waals surface area (Å²) < 4.78 is 18.6. The van der Waals surface area contributed by atoms with Crippen LogP contribution < -0.4 is 16.0 Å². The van der Waals surface area contributed by atoms with E-state index in [2.05, 4.69) is 16.0 Å². The van der Waals surface area contributed by atoms with Gasteiger partial charge in [-0.15, -0.1) is 23.1 Å². The van der Waals surface area contributed by atoms with Crippen LogP contribution in [0.2, 0.25) is 0 Å². The first-order valence-electron chi connectivity index (χ1n) is 15.2. The number of anilines is 2. The van der Waals surface area contributed by atoms with E-state index in [0.717, 1.165) is 47.4 Å². The Balaban J connectivity index is 1.29. The van der Waals surface area contributed by atoms with E-state index in [9.17, 15) is 23.6 Å². The van der Waals surface area contributed by atoms with Crippen LogP contribution in [0, 0.1) is 5.82 Å². The van der Waals surface area contributed by atoms with Crippen LogP contribution in [0.25, 0.3) is 6.08 Å². The summed E-state index contributed by atoms with van der Waals surface area (Å²) >= 11 is 2.74. The van der Waals surface area contributed by atoms with Crippen molar-refractivity contribution in [2.45, 2.75) is 49.2 Å². The molecule has 8 nitrogen and oxygen atoms in total. The van der Waals surface area contributed by atoms with Crippen LogP contribution in [-0.2, 0) is 27.2 Å². The number of aryl methyl sites for hydroxylation is 1. The molecule has 1 unspecified atom stereocenters. The first-order chi connectivity index (χ1) is 22.7. The second-order valence-electron chi connectivity index (χ2n) is 10.9. The lowest BCUT2D eigenvalue weighted by molar-refractivity contribution is -0.115. The molecule has 1 aliphatic carbocycles. The molecule has 0 aliphatic heterocycles. The van der Waals surface area contributed by atoms with Gasteiger partial charge in [-0.2, -0.15) is 0 Å². The third-order valence-electron chi connectivity index (χ3n) is 7.53. The summed E-state index contributed by atoms with van der Waals surface area (Å²) in [4.78, 5) is 54.2. The maximum Gasteiger partial charge on any atom is 0.341 e. The Morgan fingerprint density at radius 3 is 2.40 bits per heavy atom. The van der Waals surface area contributed by atoms with Gasteiger partial charge in [0.1, 0.15) is 16.5 Å². The zero-order valence-electron chi connectivity index (χ0n) is 25.9. The Labute approximate surface area is 280 Å². The summed E-state index contributed by atoms with van der Waals surface area (Å²) in [6.07, 6.45) is 6.26. The van der Waals surface area contributed by atoms with Crippen molar-refractivity contribution >= 4 is 63.6 Å². The van der Waals surface area contributed by atoms with Crippen LogP contribution in [0.5, 0.6) is 0 Å². The quantitative estimate of drug-likeness (QED) is 0.0698. The fourth-order valence-electron chi connectivity index (χ4n) is 5.13. The molecule has 3 amide bonds. The van der Waals surface area contributed by atoms with Gasteiger partial charge in [0.25, 0.3) is 11.8 Å². The van der Waals surface area contributed by atoms with E-state index in [0.29, 0.717) is 27.4 Å². The summed E-state index contributed by atoms with van der Waals surface area (Å²) in [7, 11) is 1.34. The molecule has 0 spiro atoms. The van der Waals surface area contributed by atoms with Gasteiger partial charge in [-0.05, 0) is 92.3 Å². The van der Waals surface area contributed by atoms with Crippen molar-refractivity contribution in [1.82, 2.24) is 5.32 Å². The number of thioether (sulfide) groups is 1. The molecule has 5 rings (SSSR count). The highest BCUT2D eigenvalue weighted by molar-refractivity contribution is 8.00. The largest absolute Gasteiger partial charge is 0.465 e. The molecule has 0 saturated heterocycles. The molecule has 1 aliphatic rings. The predicted octanol–water partition coefficient (Wildman–Crippen LogP) is 7.47. The van der Waals surface area contributed by atoms with Crippen molar-refractivity contribution in [3.63, 3.8) is 0 Å². The third-order valence-corrected chi connectivity index (χ3v) is 9.83. The van der Waals surface area contributed by atoms with Gasteiger partial charge in [-0.3, -0.25) is 14.4 Å². The van der Waals surface area contributed by atoms with E-state index >= 15 is 0 Å². The Hall–Kier alpha value is -4.74. The van der Waals surface area contributed by atoms with Gasteiger partial charge in [0, 0.05) is 21.0 Å². The first-order valence-corrected chi connectivity index (χ1v) is 16.9. The van der Waals surface area contributed by atoms with Crippen LogP contribution >= 0.6 is 23.1 Å². The Morgan fingerprint density at radius 1 is 0.915 bits per heavy atom. The number of fused-ring (bicyclic) bond motifs is 1. The van der Waals surface area contributed by atoms with E-state index in [4.69, 9.17) is 4.74 Å². The molecular weight excluding hydrogens is 638 g/mol. The molecule has 1 aromatic heterocycles. The molecule has 1 atom stereocenters. The normalized spacial score (nSPS) is 13.5. The van der Waals surface area contributed by atoms with E-state index in [1.807, 2.05) is 6.07 Å². The number of esters is 1. The number of thiophene rings is 1. The van der Waals surface area contributed by atoms with E-state index < -0.39 is 28.9 Å². The molecule has 0 bridgehead atoms. The molecule has 0 radical (unpaired) electrons. The number of carbonyl (C=O) groups is 4. The number of nitrogens with one attached hydrogen (secondary N) is 3. The third kappa shape index (κ3) is 8.75. The monoisotopic (exact) mass is 671 g/mol. The number of hydrogen-bond acceptors (Lipinski definition) is 7. The second kappa shape index (κ2) is 15.7. The smallest absolute Gasteiger partial charge is 0.341 e. The summed E-state index contributed by atoms with van der Waals surface area (Å²) in [5.41, 5.74) is 2.73. The van der Waals surface area contributed by atoms with Gasteiger partial charge < -0.3 is 20.7 Å². The molecule has 11 heteroatoms. The van der Waals surface area contributed by atoms with Crippen LogP contribution in [-0.4, -0.2) is 36.1 Å². The predicted molar refractivity (Wildman–Crippen MR) is 184 cm³/mol. The lowest BCUT2D eigenvalue weighted by Gasteiger charge is -2.14. The lowest BCUT2D eigenvalue weighted by Crippen LogP contribution is -2.30. The fraction of sp³-hybridized carbons (Fsp3) is 0.222. The molecule has 1 heterocycles. The zero-order chi connectivity index (χ0) is 33.3. The van der Waals surface area contributed by atoms with Crippen LogP contribution in [0.1, 0.15) is 62.9 Å². The highest BCUT2D eigenvalue weighted by atomic mass is 32.2. The SMILES string of the molecule is COC(=O)c1c(NC(=O)C(C)Sc2cccc(NC(=O)/C(=C\c3ccc(F)cc3)NC(=O)c3ccccc3)c2)sc2c1CCCCC2. The van der Waals surface area contributed by atoms with Gasteiger partial charge in [0.05, 0.1) is 17.9 Å². The molecule has 242 valence electrons. The number of carbonyl (C=O) groups excluding carboxylic acids is 4. The Bertz CT molecular complexity index is 1810. The minimum absolute atomic E-state index is 0.0352. The molecule has 3 aromatic carbocycles. The first kappa shape index (κ1) is 33.6. The number of halogens is 1. The highest BCUT2D eigenvalue weighted by Gasteiger charge is 2.27. The van der Waals surface area contributed by atoms with Gasteiger partial charge in [0.2, 0.25) is 5.91 Å². The average molecular weight is 672 g/mol. The number of ether oxygens (including phenoxy) is 1. The maximum absolute atomic E-state index is 13.5. The van der Waals surface area contributed by atoms with E-state index in [1.165, 1.54) is 60.5 Å². The van der Waals surface area contributed by atoms with E-state index in [1.54, 1.807) is 55.5 Å². The number of methoxy groups -OCH3 is 1. The number of hydrogen-bond donors (Lipinski definition) is 3. The van der Waals surface area contributed by atoms with Gasteiger partial charge in [-0.1, -0.05) is 42.8 Å². The molecule has 0 saturated carbocycles. The number of benzene rings is 3. The molecule has 3 N–H and O–H groups in total. The van der Waals surface area contributed by atoms with Crippen molar-refractivity contribution in [1.29, 1.82) is 0 Å². The van der Waals surface area contributed by atoms with Gasteiger partial charge >= 0.3 is 5.97 Å². The molecule has 4 aromatic rings.